The number of rotatable bonds is 39. The van der Waals surface area contributed by atoms with Crippen LogP contribution in [0.2, 0.25) is 0 Å². The summed E-state index contributed by atoms with van der Waals surface area (Å²) in [4.78, 5) is 77.1. The molecule has 0 saturated carbocycles. The summed E-state index contributed by atoms with van der Waals surface area (Å²) in [5, 5.41) is 270. The van der Waals surface area contributed by atoms with Crippen molar-refractivity contribution in [2.24, 2.45) is 0 Å². The van der Waals surface area contributed by atoms with Crippen molar-refractivity contribution in [1.29, 1.82) is 0 Å². The zero-order valence-corrected chi connectivity index (χ0v) is 72.4. The largest absolute Gasteiger partial charge is 0.477 e. The first-order valence-corrected chi connectivity index (χ1v) is 44.3. The van der Waals surface area contributed by atoms with Crippen molar-refractivity contribution in [3.63, 3.8) is 0 Å². The average Bonchev–Trinajstić information content (AvgIpc) is 0.758. The number of aliphatic carboxylic acids is 1. The number of amides is 5. The van der Waals surface area contributed by atoms with Gasteiger partial charge in [-0.05, 0) is 0 Å². The highest BCUT2D eigenvalue weighted by Gasteiger charge is 2.64. The Balaban J connectivity index is 0.980. The molecule has 9 fully saturated rings. The topological polar surface area (TPSA) is 976 Å². The molecule has 9 saturated heterocycles. The van der Waals surface area contributed by atoms with Gasteiger partial charge >= 0.3 is 37.2 Å². The quantitative estimate of drug-likeness (QED) is 0.0254. The Hall–Kier alpha value is -5.13. The Morgan fingerprint density at radius 3 is 0.880 bits per heavy atom. The van der Waals surface area contributed by atoms with Crippen molar-refractivity contribution in [3.05, 3.63) is 0 Å². The van der Waals surface area contributed by atoms with Gasteiger partial charge in [-0.1, -0.05) is 0 Å². The number of carboxylic acids is 1. The molecule has 0 spiro atoms. The number of hydrogen-bond acceptors (Lipinski definition) is 54. The second kappa shape index (κ2) is 47.0. The Kier molecular flexibility index (Phi) is 39.4. The van der Waals surface area contributed by atoms with Crippen molar-refractivity contribution < 1.29 is 278 Å². The van der Waals surface area contributed by atoms with Gasteiger partial charge in [0.2, 0.25) is 29.5 Å². The predicted molar refractivity (Wildman–Crippen MR) is 403 cm³/mol. The van der Waals surface area contributed by atoms with Gasteiger partial charge in [-0.3, -0.25) is 37.6 Å². The molecular formula is C67H111N5O58S3. The molecule has 9 aliphatic heterocycles. The highest BCUT2D eigenvalue weighted by Crippen LogP contribution is 2.43. The van der Waals surface area contributed by atoms with Gasteiger partial charge in [0.05, 0.1) is 71.6 Å². The maximum absolute atomic E-state index is 13.3. The third-order valence-corrected chi connectivity index (χ3v) is 23.7. The van der Waals surface area contributed by atoms with Crippen LogP contribution in [0.5, 0.6) is 0 Å². The third-order valence-electron chi connectivity index (χ3n) is 22.4. The lowest BCUT2D eigenvalue weighted by Gasteiger charge is -2.51. The van der Waals surface area contributed by atoms with Gasteiger partial charge in [-0.15, -0.1) is 0 Å². The van der Waals surface area contributed by atoms with Crippen molar-refractivity contribution in [2.75, 3.05) is 59.5 Å². The van der Waals surface area contributed by atoms with E-state index in [4.69, 9.17) is 80.5 Å². The van der Waals surface area contributed by atoms with Crippen molar-refractivity contribution >= 4 is 66.7 Å². The Morgan fingerprint density at radius 2 is 0.594 bits per heavy atom. The molecule has 66 heteroatoms. The van der Waals surface area contributed by atoms with E-state index in [0.717, 1.165) is 34.6 Å². The summed E-state index contributed by atoms with van der Waals surface area (Å²) in [7, 11) is -17.0. The van der Waals surface area contributed by atoms with E-state index >= 15 is 0 Å². The molecular weight excluding hydrogens is 1900 g/mol. The SMILES string of the molecule is CC(=O)N[C@H]1[C@H](O[C@H]2[C@@H](O)[C@@H](CO)O[C@@H](O[C@H]3[C@H](O)[C@@H](NC(C)=O)[C@H](O[C@H]4[C@@H](O)[C@@H](CO)O[C@@H](O[C@H]5[C@@H](O)[C@@H](CO)OC(O)[C@@H]5NC(C)=O)[C@@H]4O)O[C@@H]3COS(=O)(=O)O)[C@@H]2O)O[C@H](COS(=O)(=O)O)[C@@H](O[C@@H]2O[C@H](CO)[C@H](O)[C@H](O[C@@H]3O[C@H](COS(=O)(=O)O)[C@@H](O[C@@H]4O[C@H](CO)[C@H](O)[C@H](O[C@]5(C(=O)O)C[C@H](O)[C@@H](NC(C)=O)[C@H]([C@H](O)[C@H](O)CO)O5)[C@H]4O)[C@H](O)[C@H]3NC(C)=O)[C@H]2O)[C@@H]1O. The monoisotopic (exact) mass is 2010 g/mol. The van der Waals surface area contributed by atoms with Crippen molar-refractivity contribution in [3.8, 4) is 0 Å². The summed E-state index contributed by atoms with van der Waals surface area (Å²) in [5.74, 6) is -10.8. The number of nitrogens with one attached hydrogen (secondary N) is 5. The summed E-state index contributed by atoms with van der Waals surface area (Å²) in [6, 6.07) is -10.3. The minimum Gasteiger partial charge on any atom is -0.477 e. The Bertz CT molecular complexity index is 4190. The molecule has 0 bridgehead atoms. The molecule has 31 N–H and O–H groups in total. The number of aliphatic hydroxyl groups is 22. The first-order chi connectivity index (χ1) is 62.0. The summed E-state index contributed by atoms with van der Waals surface area (Å²) >= 11 is 0. The molecule has 5 amide bonds. The molecule has 63 nitrogen and oxygen atoms in total. The van der Waals surface area contributed by atoms with Crippen LogP contribution in [-0.4, -0.2) is 533 Å². The molecule has 0 aromatic heterocycles. The Labute approximate surface area is 751 Å². The van der Waals surface area contributed by atoms with Gasteiger partial charge in [0.1, 0.15) is 213 Å². The summed E-state index contributed by atoms with van der Waals surface area (Å²) < 4.78 is 215. The predicted octanol–water partition coefficient (Wildman–Crippen LogP) is -21.2. The summed E-state index contributed by atoms with van der Waals surface area (Å²) in [5.41, 5.74) is 0. The number of carbonyl (C=O) groups is 6. The maximum atomic E-state index is 13.3. The van der Waals surface area contributed by atoms with Gasteiger partial charge in [0.25, 0.3) is 5.79 Å². The normalized spacial score (nSPS) is 43.8. The minimum atomic E-state index is -5.70. The standard InChI is InChI=1S/C67H111N5O58S3/c1-16(79)68-31-21(84)6-67(66(100)101,129-53(31)36(86)22(85)7-73)130-57-41(91)27(12-78)118-65(48(57)98)124-51-30(15-113-133(108,109)110)121-60(34(44(51)94)71-19(4)82)127-55-39(89)25(10-76)116-63(46(55)96)122-49-28(13-111-131(102,103)104)119-59(32(42(49)92)69-17(2)80)126-54-38(88)24(9-75)115-62(45(54)95)123-50-29(14-112-132(105,106)107)120-61(33(43(50)93)70-18(3)81)128-56-40(90)26(11-77)117-64(47(56)97)125-52-35(72-20(5)83)58(99)114-23(8-74)37(52)87/h21-65,73-78,84-99H,6-15H2,1-5H3,(H,68,79)(H,69,80)(H,70,81)(H,71,82)(H,72,83)(H,100,101)(H,102,103,104)(H,105,106,107)(H,108,109,110)/t21-,22+,23+,24+,25+,26+,27+,28+,29+,30+,31+,32+,33+,34+,35+,36+,37-,38-,39-,40-,41-,42+,43+,44+,45+,46+,47+,48+,49+,50+,51+,52+,53+,54-,55-,56-,57-,58?,59-,60-,61-,62-,63-,64-,65-,67-/m0/s1. The zero-order valence-electron chi connectivity index (χ0n) is 70.0. The molecule has 0 aliphatic carbocycles. The fourth-order valence-corrected chi connectivity index (χ4v) is 17.0. The number of carboxylic acid groups (broad SMARTS) is 1. The lowest BCUT2D eigenvalue weighted by atomic mass is 9.88. The van der Waals surface area contributed by atoms with Gasteiger partial charge in [0, 0.05) is 41.0 Å². The summed E-state index contributed by atoms with van der Waals surface area (Å²) in [6.07, 6.45) is -95.4. The first-order valence-electron chi connectivity index (χ1n) is 40.2. The molecule has 9 heterocycles. The van der Waals surface area contributed by atoms with Crippen LogP contribution >= 0.6 is 0 Å². The van der Waals surface area contributed by atoms with E-state index in [1.165, 1.54) is 0 Å². The molecule has 46 atom stereocenters. The lowest BCUT2D eigenvalue weighted by Crippen LogP contribution is -2.71. The summed E-state index contributed by atoms with van der Waals surface area (Å²) in [6.45, 7) is -7.89. The Morgan fingerprint density at radius 1 is 0.338 bits per heavy atom. The molecule has 770 valence electrons. The van der Waals surface area contributed by atoms with E-state index in [0.29, 0.717) is 0 Å². The van der Waals surface area contributed by atoms with E-state index in [1.807, 2.05) is 0 Å². The number of hydrogen-bond donors (Lipinski definition) is 31. The van der Waals surface area contributed by atoms with Gasteiger partial charge in [-0.25, -0.2) is 17.3 Å². The minimum absolute atomic E-state index is 0.773. The number of ether oxygens (including phenoxy) is 17. The van der Waals surface area contributed by atoms with Crippen LogP contribution in [0.1, 0.15) is 41.0 Å². The van der Waals surface area contributed by atoms with Crippen LogP contribution in [0.3, 0.4) is 0 Å². The van der Waals surface area contributed by atoms with Crippen LogP contribution < -0.4 is 26.6 Å². The van der Waals surface area contributed by atoms with E-state index in [2.05, 4.69) is 39.1 Å². The second-order valence-electron chi connectivity index (χ2n) is 31.9. The molecule has 133 heavy (non-hydrogen) atoms. The molecule has 0 aromatic carbocycles. The molecule has 0 radical (unpaired) electrons. The van der Waals surface area contributed by atoms with Crippen LogP contribution in [0.25, 0.3) is 0 Å². The maximum Gasteiger partial charge on any atom is 0.397 e. The number of carbonyl (C=O) groups excluding carboxylic acids is 5. The molecule has 9 rings (SSSR count). The highest BCUT2D eigenvalue weighted by molar-refractivity contribution is 7.81. The van der Waals surface area contributed by atoms with E-state index in [1.54, 1.807) is 0 Å². The molecule has 9 aliphatic rings. The molecule has 1 unspecified atom stereocenters. The third kappa shape index (κ3) is 27.2. The second-order valence-corrected chi connectivity index (χ2v) is 35.1. The van der Waals surface area contributed by atoms with Gasteiger partial charge < -0.3 is 225 Å². The van der Waals surface area contributed by atoms with Crippen LogP contribution in [-0.2, 0) is 153 Å². The zero-order chi connectivity index (χ0) is 99.2. The van der Waals surface area contributed by atoms with Gasteiger partial charge in [0.15, 0.2) is 50.3 Å². The van der Waals surface area contributed by atoms with E-state index in [9.17, 15) is 185 Å². The fourth-order valence-electron chi connectivity index (χ4n) is 16.1. The van der Waals surface area contributed by atoms with Crippen LogP contribution in [0.15, 0.2) is 0 Å². The van der Waals surface area contributed by atoms with Crippen molar-refractivity contribution in [2.45, 2.75) is 323 Å². The van der Waals surface area contributed by atoms with Gasteiger partial charge in [-0.2, -0.15) is 25.3 Å². The van der Waals surface area contributed by atoms with E-state index < -0.39 is 414 Å². The molecule has 0 aromatic rings. The van der Waals surface area contributed by atoms with Crippen LogP contribution in [0.4, 0.5) is 0 Å². The van der Waals surface area contributed by atoms with Crippen molar-refractivity contribution in [1.82, 2.24) is 26.6 Å². The van der Waals surface area contributed by atoms with Crippen LogP contribution in [0, 0.1) is 0 Å². The number of aliphatic hydroxyl groups excluding tert-OH is 22. The first kappa shape index (κ1) is 111. The van der Waals surface area contributed by atoms with E-state index in [-0.39, 0.29) is 0 Å². The lowest BCUT2D eigenvalue weighted by molar-refractivity contribution is -0.391. The average molecular weight is 2010 g/mol. The smallest absolute Gasteiger partial charge is 0.397 e. The highest BCUT2D eigenvalue weighted by atomic mass is 32.3. The fraction of sp³-hybridized carbons (Fsp3) is 0.910.